The van der Waals surface area contributed by atoms with Crippen molar-refractivity contribution in [1.82, 2.24) is 0 Å². The van der Waals surface area contributed by atoms with E-state index in [1.165, 1.54) is 0 Å². The molecular weight excluding hydrogens is 370 g/mol. The monoisotopic (exact) mass is 397 g/mol. The van der Waals surface area contributed by atoms with Crippen LogP contribution in [0, 0.1) is 5.92 Å². The molecule has 1 aromatic rings. The van der Waals surface area contributed by atoms with Crippen LogP contribution in [0.5, 0.6) is 5.75 Å². The molecule has 4 rings (SSSR count). The van der Waals surface area contributed by atoms with E-state index in [0.717, 1.165) is 36.9 Å². The molecule has 0 radical (unpaired) electrons. The van der Waals surface area contributed by atoms with E-state index in [1.54, 1.807) is 7.11 Å². The second-order valence-electron chi connectivity index (χ2n) is 7.85. The number of ketones is 1. The van der Waals surface area contributed by atoms with E-state index < -0.39 is 11.8 Å². The van der Waals surface area contributed by atoms with Gasteiger partial charge < -0.3 is 14.2 Å². The Hall–Kier alpha value is -2.47. The first-order valence-corrected chi connectivity index (χ1v) is 10.3. The number of para-hydroxylation sites is 1. The van der Waals surface area contributed by atoms with E-state index in [4.69, 9.17) is 14.2 Å². The van der Waals surface area contributed by atoms with Gasteiger partial charge in [0, 0.05) is 41.5 Å². The number of esters is 1. The summed E-state index contributed by atoms with van der Waals surface area (Å²) in [7, 11) is 1.60. The Kier molecular flexibility index (Phi) is 5.81. The number of rotatable bonds is 5. The zero-order valence-electron chi connectivity index (χ0n) is 17.0. The molecule has 0 N–H and O–H groups in total. The fourth-order valence-electron chi connectivity index (χ4n) is 4.61. The van der Waals surface area contributed by atoms with Gasteiger partial charge in [0.25, 0.3) is 0 Å². The fraction of sp³-hybridized carbons (Fsp3) is 0.522. The number of Topliss-reactive ketones (excluding diaryl/α,β-unsaturated/α-hetero) is 1. The largest absolute Gasteiger partial charge is 0.496 e. The molecule has 1 saturated heterocycles. The standard InChI is InChI=1S/C23H27NO5/c1-14-20(23(26)29-13-15-7-6-12-28-15)21(16-8-3-4-11-19(16)27-2)22-17(24-14)9-5-10-18(22)25/h3-4,8,11,15,20-21H,5-7,9-10,12-13H2,1-2H3/t15-,20?,21-/m1/s1. The average Bonchev–Trinajstić information content (AvgIpc) is 3.25. The summed E-state index contributed by atoms with van der Waals surface area (Å²) in [5.41, 5.74) is 2.96. The highest BCUT2D eigenvalue weighted by atomic mass is 16.6. The summed E-state index contributed by atoms with van der Waals surface area (Å²) in [5.74, 6) is -0.718. The van der Waals surface area contributed by atoms with Gasteiger partial charge in [0.15, 0.2) is 5.78 Å². The normalized spacial score (nSPS) is 26.8. The van der Waals surface area contributed by atoms with Gasteiger partial charge in [-0.2, -0.15) is 0 Å². The Labute approximate surface area is 170 Å². The van der Waals surface area contributed by atoms with Crippen molar-refractivity contribution >= 4 is 17.5 Å². The highest BCUT2D eigenvalue weighted by molar-refractivity contribution is 6.09. The van der Waals surface area contributed by atoms with Crippen molar-refractivity contribution in [2.75, 3.05) is 20.3 Å². The van der Waals surface area contributed by atoms with E-state index in [2.05, 4.69) is 4.99 Å². The highest BCUT2D eigenvalue weighted by Gasteiger charge is 2.44. The maximum absolute atomic E-state index is 13.2. The second-order valence-corrected chi connectivity index (χ2v) is 7.85. The Bertz CT molecular complexity index is 866. The van der Waals surface area contributed by atoms with Crippen LogP contribution in [0.3, 0.4) is 0 Å². The molecule has 0 spiro atoms. The van der Waals surface area contributed by atoms with Crippen molar-refractivity contribution in [1.29, 1.82) is 0 Å². The molecule has 0 bridgehead atoms. The molecule has 1 aliphatic carbocycles. The number of methoxy groups -OCH3 is 1. The summed E-state index contributed by atoms with van der Waals surface area (Å²) in [5, 5.41) is 0. The van der Waals surface area contributed by atoms with Crippen LogP contribution in [0.15, 0.2) is 40.5 Å². The van der Waals surface area contributed by atoms with Crippen molar-refractivity contribution in [3.05, 3.63) is 41.1 Å². The lowest BCUT2D eigenvalue weighted by Crippen LogP contribution is -2.38. The zero-order chi connectivity index (χ0) is 20.4. The summed E-state index contributed by atoms with van der Waals surface area (Å²) in [6.45, 7) is 2.80. The molecule has 154 valence electrons. The van der Waals surface area contributed by atoms with Crippen LogP contribution < -0.4 is 4.74 Å². The molecule has 29 heavy (non-hydrogen) atoms. The maximum Gasteiger partial charge on any atom is 0.315 e. The first-order chi connectivity index (χ1) is 14.1. The van der Waals surface area contributed by atoms with Crippen LogP contribution in [-0.2, 0) is 19.1 Å². The minimum absolute atomic E-state index is 0.0458. The summed E-state index contributed by atoms with van der Waals surface area (Å²) in [4.78, 5) is 30.8. The molecule has 2 aliphatic heterocycles. The van der Waals surface area contributed by atoms with Crippen molar-refractivity contribution in [2.45, 2.75) is 51.0 Å². The molecule has 1 aromatic carbocycles. The van der Waals surface area contributed by atoms with E-state index in [-0.39, 0.29) is 24.5 Å². The van der Waals surface area contributed by atoms with Crippen LogP contribution in [-0.4, -0.2) is 43.9 Å². The highest BCUT2D eigenvalue weighted by Crippen LogP contribution is 2.46. The van der Waals surface area contributed by atoms with Crippen LogP contribution in [0.4, 0.5) is 0 Å². The molecule has 6 nitrogen and oxygen atoms in total. The van der Waals surface area contributed by atoms with Gasteiger partial charge in [-0.05, 0) is 38.7 Å². The Morgan fingerprint density at radius 3 is 2.83 bits per heavy atom. The topological polar surface area (TPSA) is 74.2 Å². The number of carbonyl (C=O) groups excluding carboxylic acids is 2. The summed E-state index contributed by atoms with van der Waals surface area (Å²) < 4.78 is 16.8. The van der Waals surface area contributed by atoms with E-state index in [9.17, 15) is 9.59 Å². The maximum atomic E-state index is 13.2. The van der Waals surface area contributed by atoms with E-state index in [0.29, 0.717) is 30.1 Å². The number of hydrogen-bond acceptors (Lipinski definition) is 6. The number of benzene rings is 1. The first kappa shape index (κ1) is 19.8. The molecule has 1 unspecified atom stereocenters. The van der Waals surface area contributed by atoms with Crippen LogP contribution >= 0.6 is 0 Å². The number of allylic oxidation sites excluding steroid dienone is 2. The number of aliphatic imine (C=N–C) groups is 1. The fourth-order valence-corrected chi connectivity index (χ4v) is 4.61. The third-order valence-corrected chi connectivity index (χ3v) is 6.00. The third kappa shape index (κ3) is 3.86. The van der Waals surface area contributed by atoms with Gasteiger partial charge in [-0.15, -0.1) is 0 Å². The SMILES string of the molecule is COc1ccccc1[C@H]1C2=C(CCCC2=O)N=C(C)C1C(=O)OC[C@H]1CCCO1. The molecule has 0 saturated carbocycles. The first-order valence-electron chi connectivity index (χ1n) is 10.3. The van der Waals surface area contributed by atoms with Crippen LogP contribution in [0.25, 0.3) is 0 Å². The number of hydrogen-bond donors (Lipinski definition) is 0. The van der Waals surface area contributed by atoms with Gasteiger partial charge in [0.2, 0.25) is 0 Å². The lowest BCUT2D eigenvalue weighted by Gasteiger charge is -2.35. The third-order valence-electron chi connectivity index (χ3n) is 6.00. The minimum Gasteiger partial charge on any atom is -0.496 e. The molecule has 3 aliphatic rings. The lowest BCUT2D eigenvalue weighted by molar-refractivity contribution is -0.149. The molecular formula is C23H27NO5. The second kappa shape index (κ2) is 8.49. The molecule has 0 amide bonds. The van der Waals surface area contributed by atoms with E-state index in [1.807, 2.05) is 31.2 Å². The zero-order valence-corrected chi connectivity index (χ0v) is 17.0. The average molecular weight is 397 g/mol. The molecule has 0 aromatic heterocycles. The number of carbonyl (C=O) groups is 2. The predicted molar refractivity (Wildman–Crippen MR) is 108 cm³/mol. The van der Waals surface area contributed by atoms with Gasteiger partial charge in [-0.1, -0.05) is 18.2 Å². The summed E-state index contributed by atoms with van der Waals surface area (Å²) in [6.07, 6.45) is 3.87. The minimum atomic E-state index is -0.645. The number of ether oxygens (including phenoxy) is 3. The Morgan fingerprint density at radius 2 is 2.07 bits per heavy atom. The van der Waals surface area contributed by atoms with Crippen LogP contribution in [0.2, 0.25) is 0 Å². The van der Waals surface area contributed by atoms with Gasteiger partial charge in [-0.25, -0.2) is 0 Å². The summed E-state index contributed by atoms with van der Waals surface area (Å²) >= 11 is 0. The van der Waals surface area contributed by atoms with E-state index >= 15 is 0 Å². The molecule has 6 heteroatoms. The van der Waals surface area contributed by atoms with Crippen LogP contribution in [0.1, 0.15) is 50.5 Å². The van der Waals surface area contributed by atoms with Crippen molar-refractivity contribution < 1.29 is 23.8 Å². The Morgan fingerprint density at radius 1 is 1.24 bits per heavy atom. The van der Waals surface area contributed by atoms with Gasteiger partial charge in [0.1, 0.15) is 18.3 Å². The lowest BCUT2D eigenvalue weighted by atomic mass is 9.71. The predicted octanol–water partition coefficient (Wildman–Crippen LogP) is 3.60. The molecule has 1 fully saturated rings. The Balaban J connectivity index is 1.72. The smallest absolute Gasteiger partial charge is 0.315 e. The summed E-state index contributed by atoms with van der Waals surface area (Å²) in [6, 6.07) is 7.57. The van der Waals surface area contributed by atoms with Gasteiger partial charge in [0.05, 0.1) is 13.2 Å². The molecule has 3 atom stereocenters. The quantitative estimate of drug-likeness (QED) is 0.710. The van der Waals surface area contributed by atoms with Gasteiger partial charge >= 0.3 is 5.97 Å². The van der Waals surface area contributed by atoms with Gasteiger partial charge in [-0.3, -0.25) is 14.6 Å². The van der Waals surface area contributed by atoms with Crippen molar-refractivity contribution in [3.8, 4) is 5.75 Å². The van der Waals surface area contributed by atoms with Crippen molar-refractivity contribution in [2.24, 2.45) is 10.9 Å². The number of nitrogens with zero attached hydrogens (tertiary/aromatic N) is 1. The van der Waals surface area contributed by atoms with Crippen molar-refractivity contribution in [3.63, 3.8) is 0 Å². The molecule has 2 heterocycles.